The molecule has 0 saturated heterocycles. The molecular formula is C24H31Cl2N5O5S. The quantitative estimate of drug-likeness (QED) is 0.253. The first kappa shape index (κ1) is 30.5. The average Bonchev–Trinajstić information content (AvgIpc) is 2.77. The summed E-state index contributed by atoms with van der Waals surface area (Å²) < 4.78 is 33.6. The first-order valence-electron chi connectivity index (χ1n) is 11.5. The summed E-state index contributed by atoms with van der Waals surface area (Å²) in [6.45, 7) is 5.88. The van der Waals surface area contributed by atoms with E-state index in [1.807, 2.05) is 13.8 Å². The third-order valence-corrected chi connectivity index (χ3v) is 7.03. The van der Waals surface area contributed by atoms with Gasteiger partial charge in [-0.15, -0.1) is 12.4 Å². The highest BCUT2D eigenvalue weighted by Gasteiger charge is 2.26. The second kappa shape index (κ2) is 13.2. The first-order chi connectivity index (χ1) is 17.0. The van der Waals surface area contributed by atoms with Gasteiger partial charge in [-0.1, -0.05) is 18.0 Å². The van der Waals surface area contributed by atoms with Crippen LogP contribution >= 0.6 is 24.0 Å². The van der Waals surface area contributed by atoms with Gasteiger partial charge in [-0.3, -0.25) is 4.79 Å². The Morgan fingerprint density at radius 2 is 1.84 bits per heavy atom. The van der Waals surface area contributed by atoms with Crippen molar-refractivity contribution >= 4 is 62.5 Å². The molecule has 2 aromatic carbocycles. The largest absolute Gasteiger partial charge is 0.389 e. The van der Waals surface area contributed by atoms with Gasteiger partial charge in [-0.05, 0) is 82.1 Å². The van der Waals surface area contributed by atoms with E-state index in [1.54, 1.807) is 19.1 Å². The normalized spacial score (nSPS) is 12.3. The SMILES string of the molecule is Cc1cc(NC(=O)[C@H](CCCCN)NS(=O)(=O)c2ccc(Cl)cc2)cc2nc(NC(C)C)oc(=O)c12.Cl. The predicted molar refractivity (Wildman–Crippen MR) is 148 cm³/mol. The fraction of sp³-hybridized carbons (Fsp3) is 0.375. The van der Waals surface area contributed by atoms with E-state index in [9.17, 15) is 18.0 Å². The number of benzene rings is 2. The standard InChI is InChI=1S/C24H30ClN5O5S.ClH/c1-14(2)27-24-29-20-13-17(12-15(3)21(20)23(32)35-24)28-22(31)19(6-4-5-11-26)30-36(33,34)18-9-7-16(25)8-10-18;/h7-10,12-14,19,30H,4-6,11,26H2,1-3H3,(H,27,29)(H,28,31);1H/t19-;/m0./s1. The molecule has 0 radical (unpaired) electrons. The topological polar surface area (TPSA) is 156 Å². The maximum atomic E-state index is 13.2. The summed E-state index contributed by atoms with van der Waals surface area (Å²) in [7, 11) is -3.99. The van der Waals surface area contributed by atoms with Crippen LogP contribution in [0.25, 0.3) is 10.9 Å². The second-order valence-corrected chi connectivity index (χ2v) is 10.8. The van der Waals surface area contributed by atoms with Crippen LogP contribution in [-0.2, 0) is 14.8 Å². The van der Waals surface area contributed by atoms with Gasteiger partial charge in [0.1, 0.15) is 6.04 Å². The molecule has 5 N–H and O–H groups in total. The van der Waals surface area contributed by atoms with E-state index in [1.165, 1.54) is 24.3 Å². The molecule has 0 bridgehead atoms. The number of aromatic nitrogens is 1. The van der Waals surface area contributed by atoms with Crippen LogP contribution in [0.5, 0.6) is 0 Å². The van der Waals surface area contributed by atoms with E-state index < -0.39 is 27.6 Å². The molecule has 1 atom stereocenters. The average molecular weight is 573 g/mol. The lowest BCUT2D eigenvalue weighted by Crippen LogP contribution is -2.43. The number of fused-ring (bicyclic) bond motifs is 1. The van der Waals surface area contributed by atoms with Crippen molar-refractivity contribution in [3.63, 3.8) is 0 Å². The van der Waals surface area contributed by atoms with Gasteiger partial charge in [0.25, 0.3) is 6.01 Å². The van der Waals surface area contributed by atoms with Crippen LogP contribution in [0.4, 0.5) is 11.7 Å². The Kier molecular flexibility index (Phi) is 10.9. The number of hydrogen-bond acceptors (Lipinski definition) is 8. The van der Waals surface area contributed by atoms with Gasteiger partial charge in [0.15, 0.2) is 0 Å². The lowest BCUT2D eigenvalue weighted by atomic mass is 10.1. The predicted octanol–water partition coefficient (Wildman–Crippen LogP) is 3.81. The minimum Gasteiger partial charge on any atom is -0.389 e. The Bertz CT molecular complexity index is 1400. The highest BCUT2D eigenvalue weighted by molar-refractivity contribution is 7.89. The Morgan fingerprint density at radius 3 is 2.46 bits per heavy atom. The number of carbonyl (C=O) groups is 1. The van der Waals surface area contributed by atoms with Gasteiger partial charge in [0, 0.05) is 16.8 Å². The van der Waals surface area contributed by atoms with Crippen LogP contribution in [0, 0.1) is 6.92 Å². The summed E-state index contributed by atoms with van der Waals surface area (Å²) in [5, 5.41) is 6.39. The van der Waals surface area contributed by atoms with E-state index in [-0.39, 0.29) is 35.8 Å². The fourth-order valence-corrected chi connectivity index (χ4v) is 4.96. The summed E-state index contributed by atoms with van der Waals surface area (Å²) in [4.78, 5) is 30.0. The number of nitrogens with two attached hydrogens (primary N) is 1. The number of hydrogen-bond donors (Lipinski definition) is 4. The van der Waals surface area contributed by atoms with Crippen molar-refractivity contribution in [1.29, 1.82) is 0 Å². The molecule has 0 aliphatic carbocycles. The Morgan fingerprint density at radius 1 is 1.16 bits per heavy atom. The number of sulfonamides is 1. The number of unbranched alkanes of at least 4 members (excludes halogenated alkanes) is 1. The van der Waals surface area contributed by atoms with Crippen LogP contribution in [0.1, 0.15) is 38.7 Å². The maximum absolute atomic E-state index is 13.2. The van der Waals surface area contributed by atoms with Gasteiger partial charge in [0.05, 0.1) is 15.8 Å². The minimum atomic E-state index is -3.99. The number of nitrogens with one attached hydrogen (secondary N) is 3. The summed E-state index contributed by atoms with van der Waals surface area (Å²) in [6.07, 6.45) is 1.42. The molecule has 3 aromatic rings. The lowest BCUT2D eigenvalue weighted by Gasteiger charge is -2.19. The van der Waals surface area contributed by atoms with Gasteiger partial charge < -0.3 is 20.8 Å². The molecular weight excluding hydrogens is 541 g/mol. The van der Waals surface area contributed by atoms with E-state index in [2.05, 4.69) is 20.3 Å². The highest BCUT2D eigenvalue weighted by Crippen LogP contribution is 2.22. The highest BCUT2D eigenvalue weighted by atomic mass is 35.5. The monoisotopic (exact) mass is 571 g/mol. The number of carbonyl (C=O) groups excluding carboxylic acids is 1. The van der Waals surface area contributed by atoms with Crippen molar-refractivity contribution in [2.75, 3.05) is 17.2 Å². The third kappa shape index (κ3) is 8.14. The van der Waals surface area contributed by atoms with Crippen LogP contribution in [-0.4, -0.2) is 37.9 Å². The first-order valence-corrected chi connectivity index (χ1v) is 13.4. The maximum Gasteiger partial charge on any atom is 0.348 e. The zero-order valence-corrected chi connectivity index (χ0v) is 23.1. The van der Waals surface area contributed by atoms with Crippen molar-refractivity contribution in [3.8, 4) is 0 Å². The number of rotatable bonds is 11. The van der Waals surface area contributed by atoms with Crippen LogP contribution in [0.15, 0.2) is 50.5 Å². The summed E-state index contributed by atoms with van der Waals surface area (Å²) in [5.41, 5.74) is 6.29. The van der Waals surface area contributed by atoms with Crippen molar-refractivity contribution in [2.24, 2.45) is 5.73 Å². The zero-order valence-electron chi connectivity index (χ0n) is 20.7. The van der Waals surface area contributed by atoms with Crippen LogP contribution in [0.3, 0.4) is 0 Å². The third-order valence-electron chi connectivity index (χ3n) is 5.29. The number of halogens is 2. The molecule has 202 valence electrons. The smallest absolute Gasteiger partial charge is 0.348 e. The number of anilines is 2. The Hall–Kier alpha value is -2.70. The minimum absolute atomic E-state index is 0. The zero-order chi connectivity index (χ0) is 26.5. The van der Waals surface area contributed by atoms with E-state index in [0.717, 1.165) is 0 Å². The Labute approximate surface area is 226 Å². The molecule has 10 nitrogen and oxygen atoms in total. The number of amides is 1. The van der Waals surface area contributed by atoms with Crippen LogP contribution in [0.2, 0.25) is 5.02 Å². The fourth-order valence-electron chi connectivity index (χ4n) is 3.61. The van der Waals surface area contributed by atoms with E-state index in [4.69, 9.17) is 21.8 Å². The molecule has 1 heterocycles. The van der Waals surface area contributed by atoms with Gasteiger partial charge in [-0.25, -0.2) is 13.2 Å². The van der Waals surface area contributed by atoms with Crippen molar-refractivity contribution in [3.05, 3.63) is 57.4 Å². The molecule has 0 aliphatic heterocycles. The molecule has 0 saturated carbocycles. The Balaban J connectivity index is 0.00000481. The van der Waals surface area contributed by atoms with E-state index in [0.29, 0.717) is 46.6 Å². The molecule has 13 heteroatoms. The summed E-state index contributed by atoms with van der Waals surface area (Å²) in [6, 6.07) is 7.82. The molecule has 37 heavy (non-hydrogen) atoms. The molecule has 3 rings (SSSR count). The van der Waals surface area contributed by atoms with Gasteiger partial charge in [0.2, 0.25) is 15.9 Å². The van der Waals surface area contributed by atoms with E-state index >= 15 is 0 Å². The van der Waals surface area contributed by atoms with Crippen molar-refractivity contribution in [2.45, 2.75) is 57.0 Å². The number of nitrogens with zero attached hydrogens (tertiary/aromatic N) is 1. The number of aryl methyl sites for hydroxylation is 1. The molecule has 0 aliphatic rings. The molecule has 1 aromatic heterocycles. The van der Waals surface area contributed by atoms with Gasteiger partial charge in [-0.2, -0.15) is 9.71 Å². The van der Waals surface area contributed by atoms with Crippen molar-refractivity contribution in [1.82, 2.24) is 9.71 Å². The molecule has 0 spiro atoms. The van der Waals surface area contributed by atoms with Crippen molar-refractivity contribution < 1.29 is 17.6 Å². The van der Waals surface area contributed by atoms with Gasteiger partial charge >= 0.3 is 5.63 Å². The summed E-state index contributed by atoms with van der Waals surface area (Å²) in [5.74, 6) is -0.549. The molecule has 0 fully saturated rings. The summed E-state index contributed by atoms with van der Waals surface area (Å²) >= 11 is 5.87. The lowest BCUT2D eigenvalue weighted by molar-refractivity contribution is -0.117. The van der Waals surface area contributed by atoms with Crippen LogP contribution < -0.4 is 26.7 Å². The molecule has 1 amide bonds. The second-order valence-electron chi connectivity index (χ2n) is 8.69. The molecule has 0 unspecified atom stereocenters.